The summed E-state index contributed by atoms with van der Waals surface area (Å²) in [4.78, 5) is 45.2. The standard InChI is InChI=1S/C29H32N4O3/c1-20-10-6-7-13-25(20)27(28(35)32-22-11-4-3-5-12-22)33(29(36)26-14-8-9-19-30-26)24-17-15-23(16-18-24)31-21(2)34/h6-10,13-19,22,27H,3-5,11-12H2,1-2H3,(H,31,34)(H,32,35)/t27-/m1/s1. The number of nitrogens with zero attached hydrogens (tertiary/aromatic N) is 2. The molecule has 0 bridgehead atoms. The summed E-state index contributed by atoms with van der Waals surface area (Å²) in [5, 5.41) is 5.97. The first-order chi connectivity index (χ1) is 17.4. The van der Waals surface area contributed by atoms with Gasteiger partial charge in [-0.05, 0) is 67.3 Å². The van der Waals surface area contributed by atoms with Gasteiger partial charge in [0.15, 0.2) is 0 Å². The minimum absolute atomic E-state index is 0.0895. The zero-order valence-electron chi connectivity index (χ0n) is 20.7. The molecule has 0 radical (unpaired) electrons. The predicted octanol–water partition coefficient (Wildman–Crippen LogP) is 5.19. The van der Waals surface area contributed by atoms with Crippen molar-refractivity contribution in [1.82, 2.24) is 10.3 Å². The average Bonchev–Trinajstić information content (AvgIpc) is 2.89. The highest BCUT2D eigenvalue weighted by atomic mass is 16.2. The maximum atomic E-state index is 13.9. The van der Waals surface area contributed by atoms with Crippen molar-refractivity contribution >= 4 is 29.1 Å². The molecule has 1 aromatic heterocycles. The second-order valence-electron chi connectivity index (χ2n) is 9.22. The first kappa shape index (κ1) is 25.1. The molecule has 1 fully saturated rings. The molecule has 3 amide bonds. The molecule has 2 aromatic carbocycles. The van der Waals surface area contributed by atoms with Crippen molar-refractivity contribution < 1.29 is 14.4 Å². The molecule has 1 saturated carbocycles. The van der Waals surface area contributed by atoms with Gasteiger partial charge in [0.25, 0.3) is 5.91 Å². The summed E-state index contributed by atoms with van der Waals surface area (Å²) in [7, 11) is 0. The highest BCUT2D eigenvalue weighted by molar-refractivity contribution is 6.09. The van der Waals surface area contributed by atoms with Gasteiger partial charge in [0.2, 0.25) is 11.8 Å². The third kappa shape index (κ3) is 5.97. The summed E-state index contributed by atoms with van der Waals surface area (Å²) in [6.07, 6.45) is 6.79. The Morgan fingerprint density at radius 2 is 1.61 bits per heavy atom. The van der Waals surface area contributed by atoms with Crippen molar-refractivity contribution in [3.05, 3.63) is 89.7 Å². The molecule has 0 saturated heterocycles. The molecule has 0 aliphatic heterocycles. The van der Waals surface area contributed by atoms with Crippen LogP contribution in [-0.4, -0.2) is 28.7 Å². The van der Waals surface area contributed by atoms with Crippen LogP contribution in [-0.2, 0) is 9.59 Å². The molecule has 3 aromatic rings. The van der Waals surface area contributed by atoms with Crippen LogP contribution < -0.4 is 15.5 Å². The number of pyridine rings is 1. The number of rotatable bonds is 7. The van der Waals surface area contributed by atoms with E-state index < -0.39 is 6.04 Å². The Hall–Kier alpha value is -4.00. The molecule has 1 heterocycles. The molecular formula is C29H32N4O3. The fourth-order valence-corrected chi connectivity index (χ4v) is 4.72. The molecule has 0 spiro atoms. The quantitative estimate of drug-likeness (QED) is 0.483. The van der Waals surface area contributed by atoms with Gasteiger partial charge in [-0.15, -0.1) is 0 Å². The minimum Gasteiger partial charge on any atom is -0.351 e. The minimum atomic E-state index is -0.894. The van der Waals surface area contributed by atoms with Crippen LogP contribution in [0.15, 0.2) is 72.9 Å². The number of benzene rings is 2. The van der Waals surface area contributed by atoms with Gasteiger partial charge >= 0.3 is 0 Å². The molecule has 1 atom stereocenters. The molecule has 4 rings (SSSR count). The number of anilines is 2. The van der Waals surface area contributed by atoms with Gasteiger partial charge in [-0.25, -0.2) is 0 Å². The third-order valence-electron chi connectivity index (χ3n) is 6.51. The number of amides is 3. The largest absolute Gasteiger partial charge is 0.351 e. The number of hydrogen-bond acceptors (Lipinski definition) is 4. The highest BCUT2D eigenvalue weighted by Crippen LogP contribution is 2.32. The Balaban J connectivity index is 1.80. The number of nitrogens with one attached hydrogen (secondary N) is 2. The predicted molar refractivity (Wildman–Crippen MR) is 141 cm³/mol. The van der Waals surface area contributed by atoms with Crippen LogP contribution >= 0.6 is 0 Å². The van der Waals surface area contributed by atoms with Gasteiger partial charge < -0.3 is 10.6 Å². The van der Waals surface area contributed by atoms with Crippen molar-refractivity contribution in [3.63, 3.8) is 0 Å². The Kier molecular flexibility index (Phi) is 8.10. The van der Waals surface area contributed by atoms with E-state index in [1.54, 1.807) is 48.7 Å². The lowest BCUT2D eigenvalue weighted by molar-refractivity contribution is -0.123. The molecule has 0 unspecified atom stereocenters. The van der Waals surface area contributed by atoms with E-state index in [2.05, 4.69) is 15.6 Å². The van der Waals surface area contributed by atoms with Crippen molar-refractivity contribution in [2.24, 2.45) is 0 Å². The van der Waals surface area contributed by atoms with E-state index >= 15 is 0 Å². The van der Waals surface area contributed by atoms with Gasteiger partial charge in [-0.1, -0.05) is 49.6 Å². The van der Waals surface area contributed by atoms with Crippen LogP contribution in [0.5, 0.6) is 0 Å². The summed E-state index contributed by atoms with van der Waals surface area (Å²) in [6.45, 7) is 3.38. The number of aromatic nitrogens is 1. The summed E-state index contributed by atoms with van der Waals surface area (Å²) in [5.74, 6) is -0.782. The first-order valence-electron chi connectivity index (χ1n) is 12.4. The van der Waals surface area contributed by atoms with Crippen LogP contribution in [0.2, 0.25) is 0 Å². The maximum Gasteiger partial charge on any atom is 0.277 e. The molecular weight excluding hydrogens is 452 g/mol. The van der Waals surface area contributed by atoms with Crippen LogP contribution in [0.4, 0.5) is 11.4 Å². The molecule has 1 aliphatic rings. The SMILES string of the molecule is CC(=O)Nc1ccc(N(C(=O)c2ccccn2)[C@@H](C(=O)NC2CCCCC2)c2ccccc2C)cc1. The van der Waals surface area contributed by atoms with Gasteiger partial charge in [-0.3, -0.25) is 24.3 Å². The molecule has 186 valence electrons. The maximum absolute atomic E-state index is 13.9. The van der Waals surface area contributed by atoms with Crippen LogP contribution in [0.3, 0.4) is 0 Å². The second-order valence-corrected chi connectivity index (χ2v) is 9.22. The second kappa shape index (κ2) is 11.6. The zero-order valence-corrected chi connectivity index (χ0v) is 20.7. The molecule has 1 aliphatic carbocycles. The van der Waals surface area contributed by atoms with E-state index in [0.717, 1.165) is 36.8 Å². The number of carbonyl (C=O) groups excluding carboxylic acids is 3. The molecule has 2 N–H and O–H groups in total. The van der Waals surface area contributed by atoms with E-state index in [1.807, 2.05) is 31.2 Å². The number of aryl methyl sites for hydroxylation is 1. The molecule has 7 heteroatoms. The lowest BCUT2D eigenvalue weighted by Gasteiger charge is -2.34. The van der Waals surface area contributed by atoms with E-state index in [-0.39, 0.29) is 29.5 Å². The Bertz CT molecular complexity index is 1200. The third-order valence-corrected chi connectivity index (χ3v) is 6.51. The summed E-state index contributed by atoms with van der Waals surface area (Å²) in [5.41, 5.74) is 3.05. The van der Waals surface area contributed by atoms with Crippen LogP contribution in [0, 0.1) is 6.92 Å². The van der Waals surface area contributed by atoms with E-state index in [0.29, 0.717) is 11.4 Å². The van der Waals surface area contributed by atoms with E-state index in [4.69, 9.17) is 0 Å². The number of hydrogen-bond donors (Lipinski definition) is 2. The smallest absolute Gasteiger partial charge is 0.277 e. The van der Waals surface area contributed by atoms with Gasteiger partial charge in [-0.2, -0.15) is 0 Å². The van der Waals surface area contributed by atoms with Gasteiger partial charge in [0, 0.05) is 30.5 Å². The topological polar surface area (TPSA) is 91.4 Å². The lowest BCUT2D eigenvalue weighted by atomic mass is 9.93. The van der Waals surface area contributed by atoms with Crippen LogP contribution in [0.25, 0.3) is 0 Å². The summed E-state index contributed by atoms with van der Waals surface area (Å²) >= 11 is 0. The van der Waals surface area contributed by atoms with Crippen molar-refractivity contribution in [1.29, 1.82) is 0 Å². The fourth-order valence-electron chi connectivity index (χ4n) is 4.72. The highest BCUT2D eigenvalue weighted by Gasteiger charge is 2.35. The Morgan fingerprint density at radius 3 is 2.25 bits per heavy atom. The van der Waals surface area contributed by atoms with Gasteiger partial charge in [0.05, 0.1) is 0 Å². The van der Waals surface area contributed by atoms with Crippen molar-refractivity contribution in [2.75, 3.05) is 10.2 Å². The zero-order chi connectivity index (χ0) is 25.5. The fraction of sp³-hybridized carbons (Fsp3) is 0.310. The monoisotopic (exact) mass is 484 g/mol. The Labute approximate surface area is 211 Å². The Morgan fingerprint density at radius 1 is 0.917 bits per heavy atom. The molecule has 7 nitrogen and oxygen atoms in total. The summed E-state index contributed by atoms with van der Waals surface area (Å²) < 4.78 is 0. The molecule has 36 heavy (non-hydrogen) atoms. The van der Waals surface area contributed by atoms with Crippen molar-refractivity contribution in [3.8, 4) is 0 Å². The average molecular weight is 485 g/mol. The van der Waals surface area contributed by atoms with E-state index in [9.17, 15) is 14.4 Å². The normalized spacial score (nSPS) is 14.5. The number of carbonyl (C=O) groups is 3. The van der Waals surface area contributed by atoms with Gasteiger partial charge in [0.1, 0.15) is 11.7 Å². The van der Waals surface area contributed by atoms with Crippen molar-refractivity contribution in [2.45, 2.75) is 58.0 Å². The first-order valence-corrected chi connectivity index (χ1v) is 12.4. The van der Waals surface area contributed by atoms with Crippen LogP contribution in [0.1, 0.15) is 66.7 Å². The lowest BCUT2D eigenvalue weighted by Crippen LogP contribution is -2.47. The summed E-state index contributed by atoms with van der Waals surface area (Å²) in [6, 6.07) is 18.9. The van der Waals surface area contributed by atoms with E-state index in [1.165, 1.54) is 18.2 Å².